The lowest BCUT2D eigenvalue weighted by Crippen LogP contribution is -2.24. The van der Waals surface area contributed by atoms with E-state index in [1.165, 1.54) is 11.3 Å². The zero-order valence-corrected chi connectivity index (χ0v) is 14.9. The van der Waals surface area contributed by atoms with E-state index in [0.717, 1.165) is 35.2 Å². The van der Waals surface area contributed by atoms with E-state index in [9.17, 15) is 0 Å². The van der Waals surface area contributed by atoms with E-state index in [1.54, 1.807) is 0 Å². The first kappa shape index (κ1) is 16.2. The van der Waals surface area contributed by atoms with E-state index in [2.05, 4.69) is 61.1 Å². The van der Waals surface area contributed by atoms with E-state index in [1.807, 2.05) is 16.8 Å². The van der Waals surface area contributed by atoms with Crippen LogP contribution in [0, 0.1) is 13.8 Å². The summed E-state index contributed by atoms with van der Waals surface area (Å²) in [5.74, 6) is 0. The minimum absolute atomic E-state index is 0.552. The molecule has 1 aromatic heterocycles. The molecule has 2 rings (SSSR count). The maximum absolute atomic E-state index is 4.71. The molecule has 0 aliphatic carbocycles. The van der Waals surface area contributed by atoms with Crippen LogP contribution < -0.4 is 5.32 Å². The van der Waals surface area contributed by atoms with E-state index >= 15 is 0 Å². The largest absolute Gasteiger partial charge is 0.315 e. The van der Waals surface area contributed by atoms with Crippen molar-refractivity contribution >= 4 is 15.9 Å². The van der Waals surface area contributed by atoms with Crippen LogP contribution in [0.15, 0.2) is 28.7 Å². The predicted molar refractivity (Wildman–Crippen MR) is 92.2 cm³/mol. The molecule has 0 amide bonds. The number of hydrogen-bond donors (Lipinski definition) is 1. The van der Waals surface area contributed by atoms with Gasteiger partial charge >= 0.3 is 0 Å². The van der Waals surface area contributed by atoms with Gasteiger partial charge in [0.05, 0.1) is 11.4 Å². The Morgan fingerprint density at radius 1 is 1.29 bits per heavy atom. The molecule has 21 heavy (non-hydrogen) atoms. The Morgan fingerprint density at radius 2 is 2.05 bits per heavy atom. The average molecular weight is 350 g/mol. The van der Waals surface area contributed by atoms with E-state index in [-0.39, 0.29) is 0 Å². The van der Waals surface area contributed by atoms with Crippen molar-refractivity contribution in [3.05, 3.63) is 45.7 Å². The van der Waals surface area contributed by atoms with Crippen molar-refractivity contribution in [2.75, 3.05) is 6.54 Å². The molecule has 4 heteroatoms. The van der Waals surface area contributed by atoms with Gasteiger partial charge in [-0.1, -0.05) is 35.8 Å². The van der Waals surface area contributed by atoms with Gasteiger partial charge in [0.2, 0.25) is 0 Å². The summed E-state index contributed by atoms with van der Waals surface area (Å²) in [6, 6.07) is 8.82. The molecule has 0 saturated heterocycles. The number of nitrogens with one attached hydrogen (secondary N) is 1. The number of nitrogens with zero attached hydrogens (tertiary/aromatic N) is 2. The molecule has 0 unspecified atom stereocenters. The van der Waals surface area contributed by atoms with Crippen LogP contribution in [0.4, 0.5) is 0 Å². The van der Waals surface area contributed by atoms with Gasteiger partial charge in [0.1, 0.15) is 0 Å². The third-order valence-corrected chi connectivity index (χ3v) is 4.14. The summed E-state index contributed by atoms with van der Waals surface area (Å²) in [6.45, 7) is 9.68. The van der Waals surface area contributed by atoms with Crippen LogP contribution in [-0.2, 0) is 6.42 Å². The lowest BCUT2D eigenvalue weighted by atomic mass is 10.1. The number of aromatic nitrogens is 2. The molecule has 0 aliphatic rings. The highest BCUT2D eigenvalue weighted by atomic mass is 79.9. The van der Waals surface area contributed by atoms with Crippen LogP contribution in [0.2, 0.25) is 0 Å². The van der Waals surface area contributed by atoms with Gasteiger partial charge in [-0.2, -0.15) is 5.10 Å². The molecule has 1 aromatic carbocycles. The van der Waals surface area contributed by atoms with Crippen LogP contribution >= 0.6 is 15.9 Å². The Labute approximate surface area is 135 Å². The van der Waals surface area contributed by atoms with Crippen molar-refractivity contribution in [2.24, 2.45) is 0 Å². The smallest absolute Gasteiger partial charge is 0.0660 e. The molecule has 0 aliphatic heterocycles. The zero-order valence-electron chi connectivity index (χ0n) is 13.3. The highest BCUT2D eigenvalue weighted by molar-refractivity contribution is 9.10. The van der Waals surface area contributed by atoms with Gasteiger partial charge in [0, 0.05) is 16.2 Å². The molecule has 0 spiro atoms. The monoisotopic (exact) mass is 349 g/mol. The highest BCUT2D eigenvalue weighted by Crippen LogP contribution is 2.21. The van der Waals surface area contributed by atoms with Crippen molar-refractivity contribution in [3.63, 3.8) is 0 Å². The molecule has 1 N–H and O–H groups in total. The van der Waals surface area contributed by atoms with Crippen LogP contribution in [-0.4, -0.2) is 22.4 Å². The van der Waals surface area contributed by atoms with Crippen molar-refractivity contribution in [2.45, 2.75) is 46.6 Å². The molecule has 0 radical (unpaired) electrons. The molecule has 114 valence electrons. The van der Waals surface area contributed by atoms with Gasteiger partial charge < -0.3 is 5.32 Å². The van der Waals surface area contributed by atoms with E-state index < -0.39 is 0 Å². The van der Waals surface area contributed by atoms with E-state index in [0.29, 0.717) is 6.04 Å². The maximum atomic E-state index is 4.71. The van der Waals surface area contributed by atoms with Crippen LogP contribution in [0.25, 0.3) is 5.69 Å². The summed E-state index contributed by atoms with van der Waals surface area (Å²) >= 11 is 3.52. The number of halogens is 1. The Morgan fingerprint density at radius 3 is 2.71 bits per heavy atom. The SMILES string of the molecule is Cc1nn(-c2cccc(Br)c2)c(C)c1CCCNC(C)C. The first-order valence-electron chi connectivity index (χ1n) is 7.53. The summed E-state index contributed by atoms with van der Waals surface area (Å²) in [5, 5.41) is 8.18. The number of benzene rings is 1. The standard InChI is InChI=1S/C17H24BrN3/c1-12(2)19-10-6-9-17-13(3)20-21(14(17)4)16-8-5-7-15(18)11-16/h5,7-8,11-12,19H,6,9-10H2,1-4H3. The van der Waals surface area contributed by atoms with Crippen LogP contribution in [0.3, 0.4) is 0 Å². The van der Waals surface area contributed by atoms with Gasteiger partial charge in [-0.15, -0.1) is 0 Å². The molecule has 3 nitrogen and oxygen atoms in total. The van der Waals surface area contributed by atoms with Gasteiger partial charge in [0.25, 0.3) is 0 Å². The quantitative estimate of drug-likeness (QED) is 0.792. The fourth-order valence-electron chi connectivity index (χ4n) is 2.55. The minimum atomic E-state index is 0.552. The highest BCUT2D eigenvalue weighted by Gasteiger charge is 2.12. The van der Waals surface area contributed by atoms with Crippen LogP contribution in [0.5, 0.6) is 0 Å². The molecule has 0 fully saturated rings. The maximum Gasteiger partial charge on any atom is 0.0660 e. The first-order valence-corrected chi connectivity index (χ1v) is 8.32. The van der Waals surface area contributed by atoms with Gasteiger partial charge in [-0.25, -0.2) is 4.68 Å². The molecule has 1 heterocycles. The van der Waals surface area contributed by atoms with Crippen molar-refractivity contribution < 1.29 is 0 Å². The second-order valence-electron chi connectivity index (χ2n) is 5.75. The second kappa shape index (κ2) is 7.23. The predicted octanol–water partition coefficient (Wildman–Crippen LogP) is 4.18. The fourth-order valence-corrected chi connectivity index (χ4v) is 2.94. The number of aryl methyl sites for hydroxylation is 1. The van der Waals surface area contributed by atoms with Crippen molar-refractivity contribution in [1.29, 1.82) is 0 Å². The fraction of sp³-hybridized carbons (Fsp3) is 0.471. The molecule has 0 atom stereocenters. The lowest BCUT2D eigenvalue weighted by Gasteiger charge is -2.08. The third kappa shape index (κ3) is 4.17. The Bertz CT molecular complexity index is 602. The molecule has 0 bridgehead atoms. The third-order valence-electron chi connectivity index (χ3n) is 3.65. The zero-order chi connectivity index (χ0) is 15.4. The summed E-state index contributed by atoms with van der Waals surface area (Å²) in [5.41, 5.74) is 4.87. The van der Waals surface area contributed by atoms with Gasteiger partial charge in [-0.05, 0) is 57.0 Å². The average Bonchev–Trinajstić information content (AvgIpc) is 2.70. The van der Waals surface area contributed by atoms with Crippen molar-refractivity contribution in [1.82, 2.24) is 15.1 Å². The molecule has 0 saturated carbocycles. The van der Waals surface area contributed by atoms with Crippen molar-refractivity contribution in [3.8, 4) is 5.69 Å². The normalized spacial score (nSPS) is 11.3. The molecule has 2 aromatic rings. The summed E-state index contributed by atoms with van der Waals surface area (Å²) in [7, 11) is 0. The topological polar surface area (TPSA) is 29.9 Å². The van der Waals surface area contributed by atoms with Gasteiger partial charge in [-0.3, -0.25) is 0 Å². The number of hydrogen-bond acceptors (Lipinski definition) is 2. The minimum Gasteiger partial charge on any atom is -0.315 e. The lowest BCUT2D eigenvalue weighted by molar-refractivity contribution is 0.570. The Balaban J connectivity index is 2.14. The number of rotatable bonds is 6. The summed E-state index contributed by atoms with van der Waals surface area (Å²) in [4.78, 5) is 0. The second-order valence-corrected chi connectivity index (χ2v) is 6.67. The Kier molecular flexibility index (Phi) is 5.59. The molecular weight excluding hydrogens is 326 g/mol. The van der Waals surface area contributed by atoms with E-state index in [4.69, 9.17) is 5.10 Å². The molecular formula is C17H24BrN3. The van der Waals surface area contributed by atoms with Gasteiger partial charge in [0.15, 0.2) is 0 Å². The van der Waals surface area contributed by atoms with Crippen LogP contribution in [0.1, 0.15) is 37.2 Å². The summed E-state index contributed by atoms with van der Waals surface area (Å²) < 4.78 is 3.13. The summed E-state index contributed by atoms with van der Waals surface area (Å²) in [6.07, 6.45) is 2.22. The first-order chi connectivity index (χ1) is 9.99. The Hall–Kier alpha value is -1.13.